The fourth-order valence-corrected chi connectivity index (χ4v) is 1.34. The second-order valence-corrected chi connectivity index (χ2v) is 4.63. The highest BCUT2D eigenvalue weighted by Crippen LogP contribution is 2.25. The summed E-state index contributed by atoms with van der Waals surface area (Å²) in [5, 5.41) is 2.92. The second-order valence-electron chi connectivity index (χ2n) is 4.63. The van der Waals surface area contributed by atoms with Crippen LogP contribution in [0.5, 0.6) is 0 Å². The molecule has 0 bridgehead atoms. The predicted molar refractivity (Wildman–Crippen MR) is 54.8 cm³/mol. The molecular weight excluding hydrogens is 180 g/mol. The van der Waals surface area contributed by atoms with Crippen LogP contribution in [0.25, 0.3) is 0 Å². The van der Waals surface area contributed by atoms with Crippen LogP contribution in [0.1, 0.15) is 20.3 Å². The van der Waals surface area contributed by atoms with Crippen LogP contribution < -0.4 is 11.1 Å². The maximum absolute atomic E-state index is 11.4. The molecule has 1 aliphatic heterocycles. The van der Waals surface area contributed by atoms with Gasteiger partial charge >= 0.3 is 0 Å². The fourth-order valence-electron chi connectivity index (χ4n) is 1.34. The summed E-state index contributed by atoms with van der Waals surface area (Å²) < 4.78 is 5.10. The molecule has 0 aromatic heterocycles. The van der Waals surface area contributed by atoms with Gasteiger partial charge in [0.05, 0.1) is 13.2 Å². The van der Waals surface area contributed by atoms with Crippen molar-refractivity contribution in [1.29, 1.82) is 0 Å². The SMILES string of the molecule is CC(CN)CC(=O)NCC1(C)COC1. The molecule has 1 saturated heterocycles. The van der Waals surface area contributed by atoms with Crippen molar-refractivity contribution in [3.63, 3.8) is 0 Å². The van der Waals surface area contributed by atoms with E-state index in [4.69, 9.17) is 10.5 Å². The highest BCUT2D eigenvalue weighted by molar-refractivity contribution is 5.76. The molecule has 0 radical (unpaired) electrons. The Morgan fingerprint density at radius 1 is 1.64 bits per heavy atom. The lowest BCUT2D eigenvalue weighted by Gasteiger charge is -2.38. The van der Waals surface area contributed by atoms with E-state index in [2.05, 4.69) is 12.2 Å². The zero-order valence-electron chi connectivity index (χ0n) is 9.01. The van der Waals surface area contributed by atoms with Crippen molar-refractivity contribution in [2.24, 2.45) is 17.1 Å². The van der Waals surface area contributed by atoms with E-state index < -0.39 is 0 Å². The summed E-state index contributed by atoms with van der Waals surface area (Å²) in [6, 6.07) is 0. The van der Waals surface area contributed by atoms with Gasteiger partial charge in [-0.2, -0.15) is 0 Å². The van der Waals surface area contributed by atoms with Crippen LogP contribution in [-0.2, 0) is 9.53 Å². The zero-order valence-corrected chi connectivity index (χ0v) is 9.01. The summed E-state index contributed by atoms with van der Waals surface area (Å²) in [6.45, 7) is 6.87. The summed E-state index contributed by atoms with van der Waals surface area (Å²) in [7, 11) is 0. The Morgan fingerprint density at radius 3 is 2.71 bits per heavy atom. The van der Waals surface area contributed by atoms with Gasteiger partial charge in [0.2, 0.25) is 5.91 Å². The first kappa shape index (κ1) is 11.5. The maximum atomic E-state index is 11.4. The van der Waals surface area contributed by atoms with Gasteiger partial charge in [-0.3, -0.25) is 4.79 Å². The monoisotopic (exact) mass is 200 g/mol. The summed E-state index contributed by atoms with van der Waals surface area (Å²) in [5.74, 6) is 0.358. The quantitative estimate of drug-likeness (QED) is 0.662. The fraction of sp³-hybridized carbons (Fsp3) is 0.900. The molecule has 0 saturated carbocycles. The molecule has 1 atom stereocenters. The van der Waals surface area contributed by atoms with Crippen molar-refractivity contribution < 1.29 is 9.53 Å². The van der Waals surface area contributed by atoms with Crippen molar-refractivity contribution in [2.45, 2.75) is 20.3 Å². The van der Waals surface area contributed by atoms with Gasteiger partial charge in [-0.05, 0) is 12.5 Å². The van der Waals surface area contributed by atoms with Gasteiger partial charge in [-0.1, -0.05) is 13.8 Å². The highest BCUT2D eigenvalue weighted by Gasteiger charge is 2.33. The van der Waals surface area contributed by atoms with E-state index >= 15 is 0 Å². The normalized spacial score (nSPS) is 21.1. The molecule has 82 valence electrons. The Morgan fingerprint density at radius 2 is 2.29 bits per heavy atom. The van der Waals surface area contributed by atoms with Crippen LogP contribution in [0.3, 0.4) is 0 Å². The van der Waals surface area contributed by atoms with E-state index in [-0.39, 0.29) is 17.2 Å². The van der Waals surface area contributed by atoms with Gasteiger partial charge < -0.3 is 15.8 Å². The lowest BCUT2D eigenvalue weighted by atomic mass is 9.88. The van der Waals surface area contributed by atoms with Gasteiger partial charge in [0.1, 0.15) is 0 Å². The van der Waals surface area contributed by atoms with E-state index in [0.29, 0.717) is 19.5 Å². The van der Waals surface area contributed by atoms with Gasteiger partial charge in [-0.25, -0.2) is 0 Å². The zero-order chi connectivity index (χ0) is 10.6. The molecule has 14 heavy (non-hydrogen) atoms. The first-order chi connectivity index (χ1) is 6.56. The summed E-state index contributed by atoms with van der Waals surface area (Å²) in [5.41, 5.74) is 5.59. The Balaban J connectivity index is 2.14. The Kier molecular flexibility index (Phi) is 3.89. The number of hydrogen-bond donors (Lipinski definition) is 2. The number of ether oxygens (including phenoxy) is 1. The Hall–Kier alpha value is -0.610. The summed E-state index contributed by atoms with van der Waals surface area (Å²) >= 11 is 0. The average molecular weight is 200 g/mol. The van der Waals surface area contributed by atoms with Gasteiger partial charge in [0.25, 0.3) is 0 Å². The topological polar surface area (TPSA) is 64.4 Å². The van der Waals surface area contributed by atoms with Crippen molar-refractivity contribution in [2.75, 3.05) is 26.3 Å². The molecule has 0 aliphatic carbocycles. The standard InChI is InChI=1S/C10H20N2O2/c1-8(4-11)3-9(13)12-5-10(2)6-14-7-10/h8H,3-7,11H2,1-2H3,(H,12,13). The third-order valence-corrected chi connectivity index (χ3v) is 2.55. The van der Waals surface area contributed by atoms with Crippen LogP contribution in [-0.4, -0.2) is 32.2 Å². The molecule has 4 nitrogen and oxygen atoms in total. The minimum atomic E-state index is 0.0936. The maximum Gasteiger partial charge on any atom is 0.220 e. The van der Waals surface area contributed by atoms with Crippen LogP contribution in [0.2, 0.25) is 0 Å². The molecule has 4 heteroatoms. The Bertz CT molecular complexity index is 202. The predicted octanol–water partition coefficient (Wildman–Crippen LogP) is 0.124. The van der Waals surface area contributed by atoms with Crippen LogP contribution in [0.4, 0.5) is 0 Å². The average Bonchev–Trinajstić information content (AvgIpc) is 2.11. The lowest BCUT2D eigenvalue weighted by Crippen LogP contribution is -2.48. The molecule has 1 rings (SSSR count). The van der Waals surface area contributed by atoms with E-state index in [1.165, 1.54) is 0 Å². The molecule has 0 aromatic carbocycles. The number of nitrogens with one attached hydrogen (secondary N) is 1. The highest BCUT2D eigenvalue weighted by atomic mass is 16.5. The van der Waals surface area contributed by atoms with Gasteiger partial charge in [-0.15, -0.1) is 0 Å². The van der Waals surface area contributed by atoms with Crippen molar-refractivity contribution in [3.8, 4) is 0 Å². The largest absolute Gasteiger partial charge is 0.380 e. The van der Waals surface area contributed by atoms with Crippen LogP contribution >= 0.6 is 0 Å². The third-order valence-electron chi connectivity index (χ3n) is 2.55. The van der Waals surface area contributed by atoms with E-state index in [9.17, 15) is 4.79 Å². The van der Waals surface area contributed by atoms with Gasteiger partial charge in [0.15, 0.2) is 0 Å². The molecule has 0 aromatic rings. The Labute approximate surface area is 85.2 Å². The minimum Gasteiger partial charge on any atom is -0.380 e. The molecular formula is C10H20N2O2. The molecule has 1 aliphatic rings. The molecule has 1 amide bonds. The molecule has 0 spiro atoms. The third kappa shape index (κ3) is 3.27. The lowest BCUT2D eigenvalue weighted by molar-refractivity contribution is -0.127. The first-order valence-corrected chi connectivity index (χ1v) is 5.10. The van der Waals surface area contributed by atoms with Crippen molar-refractivity contribution in [1.82, 2.24) is 5.32 Å². The molecule has 3 N–H and O–H groups in total. The van der Waals surface area contributed by atoms with Crippen LogP contribution in [0.15, 0.2) is 0 Å². The smallest absolute Gasteiger partial charge is 0.220 e. The van der Waals surface area contributed by atoms with E-state index in [1.807, 2.05) is 6.92 Å². The number of amides is 1. The minimum absolute atomic E-state index is 0.0936. The molecule has 1 heterocycles. The first-order valence-electron chi connectivity index (χ1n) is 5.10. The van der Waals surface area contributed by atoms with E-state index in [0.717, 1.165) is 13.2 Å². The van der Waals surface area contributed by atoms with Gasteiger partial charge in [0, 0.05) is 18.4 Å². The number of rotatable bonds is 5. The number of nitrogens with two attached hydrogens (primary N) is 1. The number of carbonyl (C=O) groups is 1. The van der Waals surface area contributed by atoms with Crippen LogP contribution in [0, 0.1) is 11.3 Å². The number of carbonyl (C=O) groups excluding carboxylic acids is 1. The molecule has 1 fully saturated rings. The summed E-state index contributed by atoms with van der Waals surface area (Å²) in [6.07, 6.45) is 0.521. The summed E-state index contributed by atoms with van der Waals surface area (Å²) in [4.78, 5) is 11.4. The van der Waals surface area contributed by atoms with Crippen molar-refractivity contribution in [3.05, 3.63) is 0 Å². The number of hydrogen-bond acceptors (Lipinski definition) is 3. The molecule has 1 unspecified atom stereocenters. The second kappa shape index (κ2) is 4.75. The van der Waals surface area contributed by atoms with E-state index in [1.54, 1.807) is 0 Å². The van der Waals surface area contributed by atoms with Crippen molar-refractivity contribution >= 4 is 5.91 Å².